The van der Waals surface area contributed by atoms with Crippen molar-refractivity contribution in [1.82, 2.24) is 5.32 Å². The van der Waals surface area contributed by atoms with E-state index in [4.69, 9.17) is 15.2 Å². The third-order valence-electron chi connectivity index (χ3n) is 2.57. The van der Waals surface area contributed by atoms with E-state index in [1.807, 2.05) is 6.07 Å². The van der Waals surface area contributed by atoms with Crippen LogP contribution < -0.4 is 11.1 Å². The van der Waals surface area contributed by atoms with Crippen molar-refractivity contribution in [3.05, 3.63) is 35.9 Å². The van der Waals surface area contributed by atoms with E-state index in [1.165, 1.54) is 0 Å². The molecule has 0 fully saturated rings. The Morgan fingerprint density at radius 2 is 1.86 bits per heavy atom. The molecule has 0 aliphatic carbocycles. The molecule has 0 aliphatic heterocycles. The number of carbonyl (C=O) groups is 3. The Kier molecular flexibility index (Phi) is 7.41. The normalized spacial score (nSPS) is 11.2. The molecule has 0 bridgehead atoms. The van der Waals surface area contributed by atoms with Crippen molar-refractivity contribution in [1.29, 1.82) is 0 Å². The first kappa shape index (κ1) is 17.4. The molecule has 0 aromatic heterocycles. The number of esters is 2. The Labute approximate surface area is 127 Å². The van der Waals surface area contributed by atoms with Crippen LogP contribution in [0.2, 0.25) is 0 Å². The van der Waals surface area contributed by atoms with Crippen LogP contribution >= 0.6 is 0 Å². The number of amides is 1. The minimum Gasteiger partial charge on any atom is -0.467 e. The van der Waals surface area contributed by atoms with Gasteiger partial charge in [-0.1, -0.05) is 30.3 Å². The lowest BCUT2D eigenvalue weighted by Gasteiger charge is -2.16. The van der Waals surface area contributed by atoms with E-state index < -0.39 is 24.1 Å². The number of rotatable bonds is 7. The first-order valence-corrected chi connectivity index (χ1v) is 6.47. The first-order chi connectivity index (χ1) is 10.6. The quantitative estimate of drug-likeness (QED) is 0.536. The fourth-order valence-electron chi connectivity index (χ4n) is 1.45. The highest BCUT2D eigenvalue weighted by molar-refractivity contribution is 5.82. The summed E-state index contributed by atoms with van der Waals surface area (Å²) in [4.78, 5) is 34.1. The minimum atomic E-state index is -1.16. The molecule has 22 heavy (non-hydrogen) atoms. The van der Waals surface area contributed by atoms with Gasteiger partial charge in [-0.3, -0.25) is 4.79 Å². The van der Waals surface area contributed by atoms with Gasteiger partial charge < -0.3 is 25.3 Å². The molecule has 1 aromatic carbocycles. The summed E-state index contributed by atoms with van der Waals surface area (Å²) < 4.78 is 14.2. The SMILES string of the molecule is COC(=O)[C@H](COC(=O)CN)NC(=O)OCc1ccccc1. The second kappa shape index (κ2) is 9.35. The summed E-state index contributed by atoms with van der Waals surface area (Å²) in [5, 5.41) is 2.26. The molecular weight excluding hydrogens is 292 g/mol. The third-order valence-corrected chi connectivity index (χ3v) is 2.57. The molecule has 1 amide bonds. The van der Waals surface area contributed by atoms with Gasteiger partial charge in [-0.25, -0.2) is 9.59 Å². The van der Waals surface area contributed by atoms with Gasteiger partial charge in [0, 0.05) is 0 Å². The second-order valence-electron chi connectivity index (χ2n) is 4.17. The maximum atomic E-state index is 11.7. The largest absolute Gasteiger partial charge is 0.467 e. The van der Waals surface area contributed by atoms with E-state index in [0.29, 0.717) is 0 Å². The Morgan fingerprint density at radius 1 is 1.18 bits per heavy atom. The molecule has 8 heteroatoms. The summed E-state index contributed by atoms with van der Waals surface area (Å²) in [5.74, 6) is -1.46. The summed E-state index contributed by atoms with van der Waals surface area (Å²) in [6.45, 7) is -0.668. The highest BCUT2D eigenvalue weighted by Gasteiger charge is 2.24. The third kappa shape index (κ3) is 6.23. The Hall–Kier alpha value is -2.61. The standard InChI is InChI=1S/C14H18N2O6/c1-20-13(18)11(9-21-12(17)7-15)16-14(19)22-8-10-5-3-2-4-6-10/h2-6,11H,7-9,15H2,1H3,(H,16,19)/t11-/m0/s1. The molecule has 0 saturated heterocycles. The summed E-state index contributed by atoms with van der Waals surface area (Å²) in [6.07, 6.45) is -0.831. The average molecular weight is 310 g/mol. The molecule has 0 spiro atoms. The summed E-state index contributed by atoms with van der Waals surface area (Å²) in [5.41, 5.74) is 5.87. The molecule has 1 aromatic rings. The smallest absolute Gasteiger partial charge is 0.408 e. The number of nitrogens with one attached hydrogen (secondary N) is 1. The molecule has 1 rings (SSSR count). The van der Waals surface area contributed by atoms with Crippen LogP contribution in [0.4, 0.5) is 4.79 Å². The van der Waals surface area contributed by atoms with Crippen molar-refractivity contribution in [2.24, 2.45) is 5.73 Å². The predicted octanol–water partition coefficient (Wildman–Crippen LogP) is -0.0437. The Bertz CT molecular complexity index is 505. The number of alkyl carbamates (subject to hydrolysis) is 1. The average Bonchev–Trinajstić information content (AvgIpc) is 2.56. The van der Waals surface area contributed by atoms with Crippen molar-refractivity contribution in [2.45, 2.75) is 12.6 Å². The zero-order chi connectivity index (χ0) is 16.4. The predicted molar refractivity (Wildman–Crippen MR) is 75.6 cm³/mol. The maximum absolute atomic E-state index is 11.7. The van der Waals surface area contributed by atoms with Crippen LogP contribution in [0, 0.1) is 0 Å². The van der Waals surface area contributed by atoms with Crippen LogP contribution in [0.15, 0.2) is 30.3 Å². The number of benzene rings is 1. The van der Waals surface area contributed by atoms with Crippen LogP contribution in [-0.2, 0) is 30.4 Å². The Morgan fingerprint density at radius 3 is 2.45 bits per heavy atom. The van der Waals surface area contributed by atoms with Gasteiger partial charge in [0.2, 0.25) is 0 Å². The number of nitrogens with two attached hydrogens (primary N) is 1. The van der Waals surface area contributed by atoms with Crippen molar-refractivity contribution >= 4 is 18.0 Å². The highest BCUT2D eigenvalue weighted by atomic mass is 16.6. The zero-order valence-corrected chi connectivity index (χ0v) is 12.1. The fraction of sp³-hybridized carbons (Fsp3) is 0.357. The molecular formula is C14H18N2O6. The molecule has 0 radical (unpaired) electrons. The van der Waals surface area contributed by atoms with Gasteiger partial charge in [0.1, 0.15) is 13.2 Å². The molecule has 0 heterocycles. The summed E-state index contributed by atoms with van der Waals surface area (Å²) >= 11 is 0. The maximum Gasteiger partial charge on any atom is 0.408 e. The van der Waals surface area contributed by atoms with Gasteiger partial charge in [-0.2, -0.15) is 0 Å². The Balaban J connectivity index is 2.48. The lowest BCUT2D eigenvalue weighted by molar-refractivity contribution is -0.149. The summed E-state index contributed by atoms with van der Waals surface area (Å²) in [7, 11) is 1.15. The van der Waals surface area contributed by atoms with E-state index in [0.717, 1.165) is 12.7 Å². The molecule has 0 aliphatic rings. The van der Waals surface area contributed by atoms with Crippen LogP contribution in [-0.4, -0.2) is 44.3 Å². The molecule has 0 unspecified atom stereocenters. The van der Waals surface area contributed by atoms with E-state index in [9.17, 15) is 14.4 Å². The number of hydrogen-bond donors (Lipinski definition) is 2. The van der Waals surface area contributed by atoms with E-state index in [2.05, 4.69) is 10.1 Å². The molecule has 1 atom stereocenters. The van der Waals surface area contributed by atoms with Crippen LogP contribution in [0.3, 0.4) is 0 Å². The number of methoxy groups -OCH3 is 1. The van der Waals surface area contributed by atoms with Gasteiger partial charge >= 0.3 is 18.0 Å². The minimum absolute atomic E-state index is 0.0448. The number of hydrogen-bond acceptors (Lipinski definition) is 7. The highest BCUT2D eigenvalue weighted by Crippen LogP contribution is 2.01. The van der Waals surface area contributed by atoms with Crippen LogP contribution in [0.1, 0.15) is 5.56 Å². The van der Waals surface area contributed by atoms with Crippen molar-refractivity contribution < 1.29 is 28.6 Å². The molecule has 120 valence electrons. The molecule has 8 nitrogen and oxygen atoms in total. The number of ether oxygens (including phenoxy) is 3. The topological polar surface area (TPSA) is 117 Å². The monoisotopic (exact) mass is 310 g/mol. The van der Waals surface area contributed by atoms with Gasteiger partial charge in [0.05, 0.1) is 13.7 Å². The van der Waals surface area contributed by atoms with Gasteiger partial charge in [0.15, 0.2) is 6.04 Å². The fourth-order valence-corrected chi connectivity index (χ4v) is 1.45. The van der Waals surface area contributed by atoms with Gasteiger partial charge in [-0.15, -0.1) is 0 Å². The van der Waals surface area contributed by atoms with E-state index >= 15 is 0 Å². The van der Waals surface area contributed by atoms with Gasteiger partial charge in [-0.05, 0) is 5.56 Å². The first-order valence-electron chi connectivity index (χ1n) is 6.47. The number of carbonyl (C=O) groups excluding carboxylic acids is 3. The van der Waals surface area contributed by atoms with Crippen molar-refractivity contribution in [3.8, 4) is 0 Å². The van der Waals surface area contributed by atoms with Gasteiger partial charge in [0.25, 0.3) is 0 Å². The summed E-state index contributed by atoms with van der Waals surface area (Å²) in [6, 6.07) is 7.86. The molecule has 3 N–H and O–H groups in total. The second-order valence-corrected chi connectivity index (χ2v) is 4.17. The van der Waals surface area contributed by atoms with Crippen molar-refractivity contribution in [2.75, 3.05) is 20.3 Å². The molecule has 0 saturated carbocycles. The van der Waals surface area contributed by atoms with E-state index in [1.54, 1.807) is 24.3 Å². The lowest BCUT2D eigenvalue weighted by atomic mass is 10.2. The van der Waals surface area contributed by atoms with Crippen LogP contribution in [0.5, 0.6) is 0 Å². The zero-order valence-electron chi connectivity index (χ0n) is 12.1. The lowest BCUT2D eigenvalue weighted by Crippen LogP contribution is -2.45. The van der Waals surface area contributed by atoms with Crippen molar-refractivity contribution in [3.63, 3.8) is 0 Å². The van der Waals surface area contributed by atoms with Crippen LogP contribution in [0.25, 0.3) is 0 Å². The van der Waals surface area contributed by atoms with E-state index in [-0.39, 0.29) is 19.8 Å².